The van der Waals surface area contributed by atoms with E-state index >= 15 is 0 Å². The Labute approximate surface area is 277 Å². The molecule has 1 aromatic heterocycles. The van der Waals surface area contributed by atoms with E-state index in [1.54, 1.807) is 12.4 Å². The Bertz CT molecular complexity index is 1510. The maximum atomic E-state index is 14.2. The van der Waals surface area contributed by atoms with Gasteiger partial charge in [0.25, 0.3) is 0 Å². The Balaban J connectivity index is 1.22. The molecule has 250 valence electrons. The van der Waals surface area contributed by atoms with Gasteiger partial charge in [-0.1, -0.05) is 54.4 Å². The predicted molar refractivity (Wildman–Crippen MR) is 175 cm³/mol. The molecule has 3 amide bonds. The number of carbonyl (C=O) groups excluding carboxylic acids is 3. The van der Waals surface area contributed by atoms with E-state index in [-0.39, 0.29) is 31.4 Å². The molecule has 0 radical (unpaired) electrons. The summed E-state index contributed by atoms with van der Waals surface area (Å²) in [5.74, 6) is -2.43. The molecule has 1 aromatic carbocycles. The maximum Gasteiger partial charge on any atom is 0.408 e. The lowest BCUT2D eigenvalue weighted by Gasteiger charge is -2.29. The molecular weight excluding hydrogens is 622 g/mol. The first-order valence-corrected chi connectivity index (χ1v) is 17.4. The number of fused-ring (bicyclic) bond motifs is 2. The molecule has 4 aliphatic rings. The van der Waals surface area contributed by atoms with E-state index in [4.69, 9.17) is 9.57 Å². The Hall–Kier alpha value is -4.26. The third-order valence-electron chi connectivity index (χ3n) is 9.51. The topological polar surface area (TPSA) is 160 Å². The van der Waals surface area contributed by atoms with Crippen molar-refractivity contribution in [1.82, 2.24) is 20.5 Å². The fourth-order valence-electron chi connectivity index (χ4n) is 6.81. The highest BCUT2D eigenvalue weighted by molar-refractivity contribution is 7.13. The molecule has 3 N–H and O–H groups in total. The Kier molecular flexibility index (Phi) is 10.2. The number of carboxylic acid groups (broad SMARTS) is 1. The van der Waals surface area contributed by atoms with Crippen LogP contribution >= 0.6 is 11.3 Å². The lowest BCUT2D eigenvalue weighted by Crippen LogP contribution is -2.56. The van der Waals surface area contributed by atoms with Gasteiger partial charge in [-0.15, -0.1) is 11.3 Å². The van der Waals surface area contributed by atoms with E-state index in [0.29, 0.717) is 12.8 Å². The van der Waals surface area contributed by atoms with Gasteiger partial charge in [-0.25, -0.2) is 14.6 Å². The fourth-order valence-corrected chi connectivity index (χ4v) is 7.49. The zero-order valence-corrected chi connectivity index (χ0v) is 27.0. The molecule has 0 spiro atoms. The van der Waals surface area contributed by atoms with Crippen LogP contribution in [0.3, 0.4) is 0 Å². The SMILES string of the molecule is O=C(N[C@H]1CCCCC/C=C\C2C[C@@]2(C(=O)O)NC(=O)[C@@H]2C[C@@H](O/N=C/c3ccccc3-c3nccs3)CN2C1=O)OC1CCCC1. The van der Waals surface area contributed by atoms with Crippen LogP contribution in [0.4, 0.5) is 4.79 Å². The van der Waals surface area contributed by atoms with E-state index in [1.165, 1.54) is 16.2 Å². The molecule has 1 saturated heterocycles. The summed E-state index contributed by atoms with van der Waals surface area (Å²) in [7, 11) is 0. The monoisotopic (exact) mass is 663 g/mol. The molecule has 1 unspecified atom stereocenters. The number of carbonyl (C=O) groups is 4. The average Bonchev–Trinajstić information content (AvgIpc) is 3.55. The van der Waals surface area contributed by atoms with Crippen LogP contribution in [-0.4, -0.2) is 81.5 Å². The van der Waals surface area contributed by atoms with Crippen molar-refractivity contribution in [3.05, 3.63) is 53.6 Å². The molecule has 2 aliphatic heterocycles. The van der Waals surface area contributed by atoms with E-state index in [1.807, 2.05) is 41.8 Å². The molecule has 2 aliphatic carbocycles. The first kappa shape index (κ1) is 32.7. The van der Waals surface area contributed by atoms with Crippen molar-refractivity contribution in [2.24, 2.45) is 11.1 Å². The van der Waals surface area contributed by atoms with E-state index in [9.17, 15) is 24.3 Å². The second-order valence-electron chi connectivity index (χ2n) is 12.8. The van der Waals surface area contributed by atoms with Gasteiger partial charge in [0.2, 0.25) is 11.8 Å². The number of nitrogens with one attached hydrogen (secondary N) is 2. The van der Waals surface area contributed by atoms with Crippen molar-refractivity contribution < 1.29 is 33.9 Å². The smallest absolute Gasteiger partial charge is 0.408 e. The zero-order valence-electron chi connectivity index (χ0n) is 26.2. The van der Waals surface area contributed by atoms with Crippen LogP contribution in [0, 0.1) is 5.92 Å². The lowest BCUT2D eigenvalue weighted by molar-refractivity contribution is -0.145. The molecule has 3 fully saturated rings. The van der Waals surface area contributed by atoms with Gasteiger partial charge in [0.05, 0.1) is 12.8 Å². The minimum Gasteiger partial charge on any atom is -0.479 e. The average molecular weight is 664 g/mol. The van der Waals surface area contributed by atoms with Gasteiger partial charge in [-0.05, 0) is 51.4 Å². The minimum atomic E-state index is -1.41. The van der Waals surface area contributed by atoms with Crippen molar-refractivity contribution in [3.63, 3.8) is 0 Å². The van der Waals surface area contributed by atoms with Gasteiger partial charge in [0, 0.05) is 35.0 Å². The van der Waals surface area contributed by atoms with Crippen molar-refractivity contribution >= 4 is 41.4 Å². The van der Waals surface area contributed by atoms with E-state index in [2.05, 4.69) is 20.8 Å². The molecule has 2 saturated carbocycles. The van der Waals surface area contributed by atoms with Crippen LogP contribution < -0.4 is 10.6 Å². The van der Waals surface area contributed by atoms with Gasteiger partial charge >= 0.3 is 12.1 Å². The van der Waals surface area contributed by atoms with Gasteiger partial charge in [0.1, 0.15) is 34.8 Å². The van der Waals surface area contributed by atoms with E-state index < -0.39 is 47.6 Å². The molecule has 13 heteroatoms. The van der Waals surface area contributed by atoms with Gasteiger partial charge in [-0.2, -0.15) is 0 Å². The molecule has 47 heavy (non-hydrogen) atoms. The van der Waals surface area contributed by atoms with Crippen LogP contribution in [0.25, 0.3) is 10.6 Å². The quantitative estimate of drug-likeness (QED) is 0.219. The predicted octanol–water partition coefficient (Wildman–Crippen LogP) is 4.65. The Morgan fingerprint density at radius 3 is 2.70 bits per heavy atom. The summed E-state index contributed by atoms with van der Waals surface area (Å²) in [5.41, 5.74) is 0.279. The third-order valence-corrected chi connectivity index (χ3v) is 10.3. The van der Waals surface area contributed by atoms with Crippen molar-refractivity contribution in [1.29, 1.82) is 0 Å². The lowest BCUT2D eigenvalue weighted by atomic mass is 10.0. The number of aliphatic carboxylic acids is 1. The zero-order chi connectivity index (χ0) is 32.8. The van der Waals surface area contributed by atoms with Crippen molar-refractivity contribution in [2.75, 3.05) is 6.54 Å². The van der Waals surface area contributed by atoms with Gasteiger partial charge < -0.3 is 30.2 Å². The summed E-state index contributed by atoms with van der Waals surface area (Å²) in [6.07, 6.45) is 13.2. The highest BCUT2D eigenvalue weighted by Crippen LogP contribution is 2.45. The Morgan fingerprint density at radius 1 is 1.11 bits per heavy atom. The van der Waals surface area contributed by atoms with E-state index in [0.717, 1.165) is 61.1 Å². The van der Waals surface area contributed by atoms with Crippen LogP contribution in [0.2, 0.25) is 0 Å². The normalized spacial score (nSPS) is 29.2. The number of alkyl carbamates (subject to hydrolysis) is 1. The summed E-state index contributed by atoms with van der Waals surface area (Å²) < 4.78 is 5.61. The summed E-state index contributed by atoms with van der Waals surface area (Å²) >= 11 is 1.51. The van der Waals surface area contributed by atoms with Crippen LogP contribution in [0.5, 0.6) is 0 Å². The molecule has 12 nitrogen and oxygen atoms in total. The number of nitrogens with zero attached hydrogens (tertiary/aromatic N) is 3. The highest BCUT2D eigenvalue weighted by atomic mass is 32.1. The number of aromatic nitrogens is 1. The summed E-state index contributed by atoms with van der Waals surface area (Å²) in [6.45, 7) is 0.0433. The Morgan fingerprint density at radius 2 is 1.91 bits per heavy atom. The van der Waals surface area contributed by atoms with Crippen LogP contribution in [0.15, 0.2) is 53.2 Å². The van der Waals surface area contributed by atoms with Crippen LogP contribution in [0.1, 0.15) is 76.2 Å². The maximum absolute atomic E-state index is 14.2. The summed E-state index contributed by atoms with van der Waals surface area (Å²) in [6, 6.07) is 5.73. The number of allylic oxidation sites excluding steroid dienone is 1. The largest absolute Gasteiger partial charge is 0.479 e. The molecule has 2 aromatic rings. The van der Waals surface area contributed by atoms with Gasteiger partial charge in [0.15, 0.2) is 0 Å². The first-order chi connectivity index (χ1) is 22.8. The third kappa shape index (κ3) is 7.66. The summed E-state index contributed by atoms with van der Waals surface area (Å²) in [4.78, 5) is 64.9. The number of rotatable bonds is 7. The molecule has 6 rings (SSSR count). The number of benzene rings is 1. The van der Waals surface area contributed by atoms with Crippen molar-refractivity contribution in [2.45, 2.75) is 100 Å². The molecule has 3 heterocycles. The number of thiazole rings is 1. The number of oxime groups is 1. The fraction of sp³-hybridized carbons (Fsp3) is 0.529. The molecule has 5 atom stereocenters. The number of carboxylic acids is 1. The number of ether oxygens (including phenoxy) is 1. The first-order valence-electron chi connectivity index (χ1n) is 16.5. The highest BCUT2D eigenvalue weighted by Gasteiger charge is 2.61. The standard InChI is InChI=1S/C34H41N5O7S/c40-29-28-18-25(46-36-20-22-10-6-9-14-26(22)30-35-16-17-47-30)21-39(28)31(41)27(37-33(44)45-24-12-7-8-13-24)15-5-3-1-2-4-11-23-19-34(23,38-29)32(42)43/h4,6,9-11,14,16-17,20,23-25,27-28H,1-3,5,7-8,12-13,15,18-19,21H2,(H,37,44)(H,38,40)(H,42,43)/b11-4-,36-20+/t23?,25-,27+,28+,34-/m1/s1. The summed E-state index contributed by atoms with van der Waals surface area (Å²) in [5, 5.41) is 22.6. The molecule has 0 bridgehead atoms. The number of hydrogen-bond donors (Lipinski definition) is 3. The number of hydrogen-bond acceptors (Lipinski definition) is 9. The molecular formula is C34H41N5O7S. The second-order valence-corrected chi connectivity index (χ2v) is 13.7. The number of amides is 3. The van der Waals surface area contributed by atoms with Crippen LogP contribution in [-0.2, 0) is 24.0 Å². The minimum absolute atomic E-state index is 0.0433. The second kappa shape index (κ2) is 14.7. The van der Waals surface area contributed by atoms with Gasteiger partial charge in [-0.3, -0.25) is 9.59 Å². The van der Waals surface area contributed by atoms with Crippen molar-refractivity contribution in [3.8, 4) is 10.6 Å².